The quantitative estimate of drug-likeness (QED) is 0.0469. The van der Waals surface area contributed by atoms with Gasteiger partial charge in [0.25, 0.3) is 8.32 Å². The van der Waals surface area contributed by atoms with Crippen molar-refractivity contribution in [3.63, 3.8) is 0 Å². The topological polar surface area (TPSA) is 76.1 Å². The molecule has 65 heavy (non-hydrogen) atoms. The maximum absolute atomic E-state index is 14.6. The van der Waals surface area contributed by atoms with E-state index in [1.165, 1.54) is 6.07 Å². The van der Waals surface area contributed by atoms with Crippen LogP contribution in [0.3, 0.4) is 0 Å². The lowest BCUT2D eigenvalue weighted by atomic mass is 9.69. The number of phenolic OH excluding ortho intramolecular Hbond substituents is 1. The van der Waals surface area contributed by atoms with Crippen LogP contribution in [0.2, 0.25) is 10.1 Å². The summed E-state index contributed by atoms with van der Waals surface area (Å²) in [5.74, 6) is -4.67. The highest BCUT2D eigenvalue weighted by molar-refractivity contribution is 6.99. The van der Waals surface area contributed by atoms with E-state index in [0.29, 0.717) is 46.0 Å². The van der Waals surface area contributed by atoms with Crippen molar-refractivity contribution in [1.82, 2.24) is 0 Å². The molecule has 1 aliphatic carbocycles. The molecule has 338 valence electrons. The monoisotopic (exact) mass is 929 g/mol. The van der Waals surface area contributed by atoms with Crippen LogP contribution < -0.4 is 15.3 Å². The molecule has 0 unspecified atom stereocenters. The summed E-state index contributed by atoms with van der Waals surface area (Å²) in [7, 11) is -3.20. The second-order valence-electron chi connectivity index (χ2n) is 17.8. The molecular weight excluding hydrogens is 884 g/mol. The highest BCUT2D eigenvalue weighted by atomic mass is 35.5. The van der Waals surface area contributed by atoms with Crippen molar-refractivity contribution in [2.45, 2.75) is 63.5 Å². The summed E-state index contributed by atoms with van der Waals surface area (Å²) < 4.78 is 98.4. The number of rotatable bonds is 11. The molecule has 14 heteroatoms. The average Bonchev–Trinajstić information content (AvgIpc) is 3.80. The summed E-state index contributed by atoms with van der Waals surface area (Å²) in [5.41, 5.74) is -0.106. The molecule has 2 amide bonds. The lowest BCUT2D eigenvalue weighted by Crippen LogP contribution is -2.66. The Morgan fingerprint density at radius 3 is 1.89 bits per heavy atom. The van der Waals surface area contributed by atoms with E-state index in [9.17, 15) is 41.0 Å². The van der Waals surface area contributed by atoms with Crippen molar-refractivity contribution in [3.8, 4) is 5.75 Å². The number of anilines is 1. The van der Waals surface area contributed by atoms with Crippen molar-refractivity contribution in [2.24, 2.45) is 17.8 Å². The Kier molecular flexibility index (Phi) is 12.6. The number of carbonyl (C=O) groups excluding carboxylic acids is 2. The van der Waals surface area contributed by atoms with Gasteiger partial charge in [0.2, 0.25) is 11.8 Å². The van der Waals surface area contributed by atoms with Crippen LogP contribution in [0.25, 0.3) is 11.6 Å². The van der Waals surface area contributed by atoms with Gasteiger partial charge in [-0.2, -0.15) is 26.3 Å². The van der Waals surface area contributed by atoms with Gasteiger partial charge in [0.15, 0.2) is 0 Å². The van der Waals surface area contributed by atoms with Crippen molar-refractivity contribution >= 4 is 59.4 Å². The number of allylic oxidation sites excluding steroid dienone is 1. The largest absolute Gasteiger partial charge is 0.508 e. The molecule has 5 aromatic rings. The molecule has 4 atom stereocenters. The summed E-state index contributed by atoms with van der Waals surface area (Å²) in [6, 6.07) is 35.0. The van der Waals surface area contributed by atoms with E-state index < -0.39 is 78.2 Å². The third-order valence-corrected chi connectivity index (χ3v) is 18.2. The zero-order valence-corrected chi connectivity index (χ0v) is 37.5. The molecule has 0 spiro atoms. The number of nitrogens with zero attached hydrogens (tertiary/aromatic N) is 1. The van der Waals surface area contributed by atoms with Crippen LogP contribution >= 0.6 is 11.6 Å². The number of carbonyl (C=O) groups is 2. The van der Waals surface area contributed by atoms with Gasteiger partial charge in [-0.25, -0.2) is 4.90 Å². The first-order valence-electron chi connectivity index (χ1n) is 21.3. The van der Waals surface area contributed by atoms with Crippen molar-refractivity contribution in [3.05, 3.63) is 166 Å². The van der Waals surface area contributed by atoms with Gasteiger partial charge in [0, 0.05) is 5.92 Å². The van der Waals surface area contributed by atoms with E-state index >= 15 is 0 Å². The van der Waals surface area contributed by atoms with Crippen LogP contribution in [0.15, 0.2) is 139 Å². The summed E-state index contributed by atoms with van der Waals surface area (Å²) in [6.07, 6.45) is -8.22. The number of aromatic hydroxyl groups is 1. The van der Waals surface area contributed by atoms with Crippen molar-refractivity contribution in [2.75, 3.05) is 18.1 Å². The minimum absolute atomic E-state index is 0.0126. The number of alkyl halides is 6. The summed E-state index contributed by atoms with van der Waals surface area (Å²) in [4.78, 5) is 29.6. The molecule has 2 aliphatic heterocycles. The van der Waals surface area contributed by atoms with Gasteiger partial charge in [-0.1, -0.05) is 123 Å². The molecule has 2 saturated heterocycles. The minimum atomic E-state index is -5.19. The van der Waals surface area contributed by atoms with Gasteiger partial charge in [-0.15, -0.1) is 0 Å². The van der Waals surface area contributed by atoms with Gasteiger partial charge >= 0.3 is 12.4 Å². The van der Waals surface area contributed by atoms with E-state index in [2.05, 4.69) is 20.8 Å². The maximum Gasteiger partial charge on any atom is 0.416 e. The van der Waals surface area contributed by atoms with Crippen LogP contribution in [0.5, 0.6) is 5.75 Å². The summed E-state index contributed by atoms with van der Waals surface area (Å²) >= 11 is 6.56. The minimum Gasteiger partial charge on any atom is -0.508 e. The molecule has 0 saturated carbocycles. The summed E-state index contributed by atoms with van der Waals surface area (Å²) in [5, 5.41) is 11.9. The Labute approximate surface area is 379 Å². The Balaban J connectivity index is 1.22. The van der Waals surface area contributed by atoms with Crippen LogP contribution in [0.1, 0.15) is 62.3 Å². The highest BCUT2D eigenvalue weighted by Crippen LogP contribution is 2.52. The van der Waals surface area contributed by atoms with Gasteiger partial charge in [0.1, 0.15) is 5.75 Å². The van der Waals surface area contributed by atoms with Crippen molar-refractivity contribution < 1.29 is 50.2 Å². The molecule has 5 aromatic carbocycles. The smallest absolute Gasteiger partial charge is 0.416 e. The number of amides is 2. The summed E-state index contributed by atoms with van der Waals surface area (Å²) in [6.45, 7) is 6.38. The van der Waals surface area contributed by atoms with E-state index in [0.717, 1.165) is 27.1 Å². The number of fused-ring (bicyclic) bond motifs is 3. The molecule has 0 bridgehead atoms. The molecule has 1 N–H and O–H groups in total. The Hall–Kier alpha value is -5.47. The van der Waals surface area contributed by atoms with Crippen LogP contribution in [0, 0.1) is 17.8 Å². The number of hydrogen-bond acceptors (Lipinski definition) is 5. The standard InChI is InChI=1S/C51H46ClF6NO5Si/c1-49(2,3)65(39-15-9-5-10-16-39,40-17-11-6-12-18-40)64-29-34-24-41-46(48(62)59(47(41)61)37-26-35(50(53,54)55)25-36(27-37)51(56,57)58)42-30-63-44(45(34)42)22-20-32(31-13-7-4-8-14-31)23-33-19-21-38(60)28-43(33)52/h4-19,21,23,25-28,41-42,44,46,60H,20,22,24,29-30H2,1-3H3/b32-23-/t41-,42+,44-,46-/m1/s1. The lowest BCUT2D eigenvalue weighted by Gasteiger charge is -2.44. The number of hydrogen-bond donors (Lipinski definition) is 1. The third kappa shape index (κ3) is 8.95. The van der Waals surface area contributed by atoms with Crippen LogP contribution in [-0.4, -0.2) is 44.6 Å². The first-order valence-corrected chi connectivity index (χ1v) is 23.6. The zero-order chi connectivity index (χ0) is 46.5. The predicted molar refractivity (Wildman–Crippen MR) is 241 cm³/mol. The van der Waals surface area contributed by atoms with Crippen LogP contribution in [-0.2, 0) is 31.1 Å². The molecule has 2 heterocycles. The SMILES string of the molecule is CC(C)(C)[Si](OCC1=C2[C@@H](CC/C(=C/c3ccc(O)cc3Cl)c3ccccc3)OC[C@@H]2[C@@H]2C(=O)N(c3cc(C(F)(F)F)cc(C(F)(F)F)c3)C(=O)[C@@H]2C1)(c1ccccc1)c1ccccc1. The number of halogens is 7. The normalized spacial score (nSPS) is 20.6. The maximum atomic E-state index is 14.6. The lowest BCUT2D eigenvalue weighted by molar-refractivity contribution is -0.143. The third-order valence-electron chi connectivity index (χ3n) is 12.9. The fraction of sp³-hybridized carbons (Fsp3) is 0.294. The molecule has 2 fully saturated rings. The second-order valence-corrected chi connectivity index (χ2v) is 22.5. The fourth-order valence-electron chi connectivity index (χ4n) is 9.94. The second kappa shape index (κ2) is 17.7. The van der Waals surface area contributed by atoms with Gasteiger partial charge < -0.3 is 14.3 Å². The fourth-order valence-corrected chi connectivity index (χ4v) is 14.7. The Bertz CT molecular complexity index is 2580. The van der Waals surface area contributed by atoms with Gasteiger partial charge in [-0.05, 0) is 105 Å². The number of ether oxygens (including phenoxy) is 1. The number of phenols is 1. The molecule has 0 radical (unpaired) electrons. The van der Waals surface area contributed by atoms with E-state index in [1.807, 2.05) is 97.1 Å². The van der Waals surface area contributed by atoms with Crippen LogP contribution in [0.4, 0.5) is 32.0 Å². The first-order chi connectivity index (χ1) is 30.8. The zero-order valence-electron chi connectivity index (χ0n) is 35.7. The first kappa shape index (κ1) is 46.1. The van der Waals surface area contributed by atoms with E-state index in [4.69, 9.17) is 20.8 Å². The highest BCUT2D eigenvalue weighted by Gasteiger charge is 2.58. The average molecular weight is 930 g/mol. The molecule has 3 aliphatic rings. The molecular formula is C51H46ClF6NO5Si. The molecule has 6 nitrogen and oxygen atoms in total. The van der Waals surface area contributed by atoms with E-state index in [-0.39, 0.29) is 31.5 Å². The van der Waals surface area contributed by atoms with Gasteiger partial charge in [0.05, 0.1) is 53.0 Å². The Morgan fingerprint density at radius 1 is 0.785 bits per heavy atom. The van der Waals surface area contributed by atoms with Gasteiger partial charge in [-0.3, -0.25) is 9.59 Å². The molecule has 0 aromatic heterocycles. The number of imide groups is 1. The Morgan fingerprint density at radius 2 is 1.35 bits per heavy atom. The predicted octanol–water partition coefficient (Wildman–Crippen LogP) is 11.5. The molecule has 8 rings (SSSR count). The van der Waals surface area contributed by atoms with Crippen molar-refractivity contribution in [1.29, 1.82) is 0 Å². The van der Waals surface area contributed by atoms with E-state index in [1.54, 1.807) is 12.1 Å². The number of benzene rings is 5.